The van der Waals surface area contributed by atoms with Gasteiger partial charge in [0.25, 0.3) is 8.32 Å². The summed E-state index contributed by atoms with van der Waals surface area (Å²) >= 11 is 0. The number of hydrogen-bond acceptors (Lipinski definition) is 3. The van der Waals surface area contributed by atoms with Gasteiger partial charge in [-0.15, -0.1) is 0 Å². The zero-order valence-corrected chi connectivity index (χ0v) is 10.3. The molecule has 1 unspecified atom stereocenters. The summed E-state index contributed by atoms with van der Waals surface area (Å²) < 4.78 is 5.24. The minimum absolute atomic E-state index is 0.333. The molecular weight excluding hydrogens is 196 g/mol. The average Bonchev–Trinajstić information content (AvgIpc) is 2.17. The van der Waals surface area contributed by atoms with Crippen LogP contribution < -0.4 is 0 Å². The molecule has 0 aromatic carbocycles. The molecule has 0 spiro atoms. The molecule has 0 N–H and O–H groups in total. The van der Waals surface area contributed by atoms with Crippen molar-refractivity contribution in [3.05, 3.63) is 12.2 Å². The molecule has 4 heteroatoms. The van der Waals surface area contributed by atoms with Crippen LogP contribution in [0.25, 0.3) is 0 Å². The molecule has 0 fully saturated rings. The molecule has 0 radical (unpaired) electrons. The molecule has 0 aliphatic heterocycles. The van der Waals surface area contributed by atoms with Crippen LogP contribution in [0.4, 0.5) is 0 Å². The Kier molecular flexibility index (Phi) is 5.56. The van der Waals surface area contributed by atoms with E-state index in [1.54, 1.807) is 19.5 Å². The van der Waals surface area contributed by atoms with Crippen LogP contribution in [-0.4, -0.2) is 26.6 Å². The summed E-state index contributed by atoms with van der Waals surface area (Å²) in [6, 6.07) is 0.700. The summed E-state index contributed by atoms with van der Waals surface area (Å²) in [5.74, 6) is -0.433. The van der Waals surface area contributed by atoms with E-state index in [1.165, 1.54) is 13.2 Å². The van der Waals surface area contributed by atoms with Crippen LogP contribution >= 0.6 is 0 Å². The molecule has 0 saturated heterocycles. The predicted molar refractivity (Wildman–Crippen MR) is 58.6 cm³/mol. The van der Waals surface area contributed by atoms with Gasteiger partial charge in [-0.1, -0.05) is 19.4 Å². The van der Waals surface area contributed by atoms with E-state index in [1.807, 2.05) is 6.92 Å². The Bertz CT molecular complexity index is 248. The smallest absolute Gasteiger partial charge is 0.271 e. The lowest BCUT2D eigenvalue weighted by molar-refractivity contribution is -0.130. The topological polar surface area (TPSA) is 43.4 Å². The Morgan fingerprint density at radius 2 is 2.00 bits per heavy atom. The standard InChI is InChI=1S/C10H18O3Si/c1-5-7-9(11)10(12)14(4,13-3)8-6-2/h5,7H,6,8H2,1-4H3. The van der Waals surface area contributed by atoms with Gasteiger partial charge in [-0.3, -0.25) is 9.59 Å². The molecule has 0 saturated carbocycles. The number of ketones is 1. The monoisotopic (exact) mass is 214 g/mol. The molecule has 0 aliphatic rings. The van der Waals surface area contributed by atoms with Crippen LogP contribution in [0.5, 0.6) is 0 Å². The molecule has 14 heavy (non-hydrogen) atoms. The molecule has 0 amide bonds. The van der Waals surface area contributed by atoms with Crippen LogP contribution in [-0.2, 0) is 14.0 Å². The fourth-order valence-electron chi connectivity index (χ4n) is 1.27. The van der Waals surface area contributed by atoms with E-state index in [2.05, 4.69) is 0 Å². The predicted octanol–water partition coefficient (Wildman–Crippen LogP) is 1.87. The van der Waals surface area contributed by atoms with Crippen molar-refractivity contribution in [2.24, 2.45) is 0 Å². The van der Waals surface area contributed by atoms with Gasteiger partial charge < -0.3 is 4.43 Å². The largest absolute Gasteiger partial charge is 0.412 e. The van der Waals surface area contributed by atoms with Gasteiger partial charge in [0.2, 0.25) is 11.2 Å². The maximum Gasteiger partial charge on any atom is 0.271 e. The molecule has 3 nitrogen and oxygen atoms in total. The number of allylic oxidation sites excluding steroid dienone is 2. The highest BCUT2D eigenvalue weighted by molar-refractivity contribution is 7.09. The summed E-state index contributed by atoms with van der Waals surface area (Å²) in [7, 11) is -0.950. The SMILES string of the molecule is CC=CC(=O)C(=O)[Si](C)(CCC)OC. The highest BCUT2D eigenvalue weighted by Gasteiger charge is 2.39. The highest BCUT2D eigenvalue weighted by Crippen LogP contribution is 2.14. The first-order valence-corrected chi connectivity index (χ1v) is 7.40. The zero-order valence-electron chi connectivity index (χ0n) is 9.29. The normalized spacial score (nSPS) is 15.4. The Morgan fingerprint density at radius 1 is 1.43 bits per heavy atom. The van der Waals surface area contributed by atoms with E-state index in [0.29, 0.717) is 6.04 Å². The van der Waals surface area contributed by atoms with Gasteiger partial charge in [0.1, 0.15) is 0 Å². The van der Waals surface area contributed by atoms with Crippen molar-refractivity contribution in [3.63, 3.8) is 0 Å². The Labute approximate surface area is 86.3 Å². The maximum absolute atomic E-state index is 11.7. The van der Waals surface area contributed by atoms with Crippen molar-refractivity contribution in [2.45, 2.75) is 32.9 Å². The molecule has 0 heterocycles. The number of carbonyl (C=O) groups excluding carboxylic acids is 2. The first-order chi connectivity index (χ1) is 6.51. The van der Waals surface area contributed by atoms with Crippen molar-refractivity contribution in [2.75, 3.05) is 7.11 Å². The van der Waals surface area contributed by atoms with E-state index in [4.69, 9.17) is 4.43 Å². The van der Waals surface area contributed by atoms with E-state index in [-0.39, 0.29) is 5.41 Å². The maximum atomic E-state index is 11.7. The summed E-state index contributed by atoms with van der Waals surface area (Å²) in [4.78, 5) is 23.1. The second-order valence-corrected chi connectivity index (χ2v) is 7.20. The van der Waals surface area contributed by atoms with Gasteiger partial charge in [-0.25, -0.2) is 0 Å². The van der Waals surface area contributed by atoms with Crippen molar-refractivity contribution in [1.29, 1.82) is 0 Å². The molecule has 80 valence electrons. The van der Waals surface area contributed by atoms with Crippen molar-refractivity contribution >= 4 is 19.5 Å². The van der Waals surface area contributed by atoms with Gasteiger partial charge in [0, 0.05) is 7.11 Å². The van der Waals surface area contributed by atoms with Crippen molar-refractivity contribution in [3.8, 4) is 0 Å². The second-order valence-electron chi connectivity index (χ2n) is 3.38. The molecule has 0 aromatic heterocycles. The molecule has 1 atom stereocenters. The Morgan fingerprint density at radius 3 is 2.36 bits per heavy atom. The third kappa shape index (κ3) is 3.19. The first kappa shape index (κ1) is 13.3. The number of carbonyl (C=O) groups is 2. The van der Waals surface area contributed by atoms with Gasteiger partial charge in [0.15, 0.2) is 0 Å². The molecule has 0 aromatic rings. The summed E-state index contributed by atoms with van der Waals surface area (Å²) in [5.41, 5.74) is 0. The third-order valence-electron chi connectivity index (χ3n) is 2.20. The number of rotatable bonds is 6. The van der Waals surface area contributed by atoms with Crippen LogP contribution in [0.3, 0.4) is 0 Å². The first-order valence-electron chi connectivity index (χ1n) is 4.78. The fraction of sp³-hybridized carbons (Fsp3) is 0.600. The summed E-state index contributed by atoms with van der Waals surface area (Å²) in [6.07, 6.45) is 3.75. The lowest BCUT2D eigenvalue weighted by Gasteiger charge is -2.21. The van der Waals surface area contributed by atoms with Crippen LogP contribution in [0, 0.1) is 0 Å². The lowest BCUT2D eigenvalue weighted by atomic mass is 10.4. The Hall–Kier alpha value is -0.743. The van der Waals surface area contributed by atoms with Crippen molar-refractivity contribution in [1.82, 2.24) is 0 Å². The summed E-state index contributed by atoms with van der Waals surface area (Å²) in [6.45, 7) is 5.49. The number of hydrogen-bond donors (Lipinski definition) is 0. The van der Waals surface area contributed by atoms with E-state index >= 15 is 0 Å². The van der Waals surface area contributed by atoms with Gasteiger partial charge >= 0.3 is 0 Å². The summed E-state index contributed by atoms with van der Waals surface area (Å²) in [5, 5.41) is -0.333. The second kappa shape index (κ2) is 5.88. The van der Waals surface area contributed by atoms with Crippen molar-refractivity contribution < 1.29 is 14.0 Å². The lowest BCUT2D eigenvalue weighted by Crippen LogP contribution is -2.46. The van der Waals surface area contributed by atoms with Gasteiger partial charge in [-0.2, -0.15) is 0 Å². The quantitative estimate of drug-likeness (QED) is 0.385. The Balaban J connectivity index is 4.69. The van der Waals surface area contributed by atoms with Crippen LogP contribution in [0.2, 0.25) is 12.6 Å². The minimum atomic E-state index is -2.47. The van der Waals surface area contributed by atoms with E-state index in [9.17, 15) is 9.59 Å². The molecule has 0 rings (SSSR count). The van der Waals surface area contributed by atoms with E-state index in [0.717, 1.165) is 6.42 Å². The van der Waals surface area contributed by atoms with Crippen LogP contribution in [0.15, 0.2) is 12.2 Å². The highest BCUT2D eigenvalue weighted by atomic mass is 28.4. The molecule has 0 bridgehead atoms. The molecule has 0 aliphatic carbocycles. The van der Waals surface area contributed by atoms with E-state index < -0.39 is 14.1 Å². The van der Waals surface area contributed by atoms with Crippen LogP contribution in [0.1, 0.15) is 20.3 Å². The van der Waals surface area contributed by atoms with Gasteiger partial charge in [0.05, 0.1) is 0 Å². The zero-order chi connectivity index (χ0) is 11.2. The minimum Gasteiger partial charge on any atom is -0.412 e. The molecular formula is C10H18O3Si. The third-order valence-corrected chi connectivity index (χ3v) is 5.76. The van der Waals surface area contributed by atoms with Gasteiger partial charge in [-0.05, 0) is 25.6 Å². The average molecular weight is 214 g/mol. The fourth-order valence-corrected chi connectivity index (χ4v) is 3.45.